The first-order valence-corrected chi connectivity index (χ1v) is 6.32. The molecule has 2 rings (SSSR count). The molecule has 1 aromatic carbocycles. The summed E-state index contributed by atoms with van der Waals surface area (Å²) in [6.45, 7) is 0. The van der Waals surface area contributed by atoms with E-state index >= 15 is 0 Å². The first kappa shape index (κ1) is 9.91. The van der Waals surface area contributed by atoms with Gasteiger partial charge in [-0.15, -0.1) is 11.8 Å². The van der Waals surface area contributed by atoms with Gasteiger partial charge in [0.25, 0.3) is 0 Å². The van der Waals surface area contributed by atoms with E-state index < -0.39 is 0 Å². The van der Waals surface area contributed by atoms with Crippen LogP contribution < -0.4 is 5.73 Å². The van der Waals surface area contributed by atoms with Gasteiger partial charge >= 0.3 is 0 Å². The van der Waals surface area contributed by atoms with E-state index in [2.05, 4.69) is 12.1 Å². The first-order valence-electron chi connectivity index (χ1n) is 5.33. The summed E-state index contributed by atoms with van der Waals surface area (Å²) in [4.78, 5) is 1.25. The zero-order chi connectivity index (χ0) is 9.80. The molecule has 0 bridgehead atoms. The van der Waals surface area contributed by atoms with Crippen molar-refractivity contribution in [2.24, 2.45) is 5.92 Å². The zero-order valence-electron chi connectivity index (χ0n) is 8.41. The molecule has 0 aromatic heterocycles. The lowest BCUT2D eigenvalue weighted by atomic mass is 10.1. The quantitative estimate of drug-likeness (QED) is 0.606. The van der Waals surface area contributed by atoms with Crippen LogP contribution in [0.15, 0.2) is 29.2 Å². The van der Waals surface area contributed by atoms with Crippen LogP contribution in [0, 0.1) is 5.92 Å². The number of anilines is 1. The second-order valence-electron chi connectivity index (χ2n) is 4.00. The highest BCUT2D eigenvalue weighted by molar-refractivity contribution is 7.99. The zero-order valence-corrected chi connectivity index (χ0v) is 9.22. The minimum Gasteiger partial charge on any atom is -0.398 e. The van der Waals surface area contributed by atoms with E-state index in [1.54, 1.807) is 0 Å². The van der Waals surface area contributed by atoms with E-state index in [0.717, 1.165) is 11.6 Å². The van der Waals surface area contributed by atoms with Gasteiger partial charge in [-0.05, 0) is 30.9 Å². The fourth-order valence-corrected chi connectivity index (χ4v) is 3.15. The molecule has 1 aliphatic rings. The number of para-hydroxylation sites is 1. The molecule has 1 saturated carbocycles. The van der Waals surface area contributed by atoms with E-state index in [9.17, 15) is 0 Å². The lowest BCUT2D eigenvalue weighted by molar-refractivity contribution is 0.623. The second-order valence-corrected chi connectivity index (χ2v) is 5.06. The third-order valence-electron chi connectivity index (χ3n) is 2.87. The Kier molecular flexibility index (Phi) is 3.35. The molecular formula is C12H17NS. The molecule has 0 saturated heterocycles. The van der Waals surface area contributed by atoms with Crippen molar-refractivity contribution >= 4 is 17.4 Å². The largest absolute Gasteiger partial charge is 0.398 e. The Morgan fingerprint density at radius 3 is 2.64 bits per heavy atom. The molecule has 2 N–H and O–H groups in total. The Labute approximate surface area is 90.1 Å². The number of thioether (sulfide) groups is 1. The number of nitrogen functional groups attached to an aromatic ring is 1. The normalized spacial score (nSPS) is 17.4. The number of hydrogen-bond acceptors (Lipinski definition) is 2. The molecule has 0 aliphatic heterocycles. The molecule has 0 heterocycles. The summed E-state index contributed by atoms with van der Waals surface area (Å²) in [6, 6.07) is 8.16. The molecule has 0 atom stereocenters. The maximum Gasteiger partial charge on any atom is 0.0452 e. The van der Waals surface area contributed by atoms with Gasteiger partial charge in [-0.25, -0.2) is 0 Å². The van der Waals surface area contributed by atoms with Gasteiger partial charge in [0.15, 0.2) is 0 Å². The Bertz CT molecular complexity index is 292. The molecule has 14 heavy (non-hydrogen) atoms. The highest BCUT2D eigenvalue weighted by atomic mass is 32.2. The standard InChI is InChI=1S/C12H17NS/c13-11-7-3-4-8-12(11)14-9-10-5-1-2-6-10/h3-4,7-8,10H,1-2,5-6,9,13H2. The predicted octanol–water partition coefficient (Wildman–Crippen LogP) is 3.55. The van der Waals surface area contributed by atoms with Crippen molar-refractivity contribution in [2.75, 3.05) is 11.5 Å². The van der Waals surface area contributed by atoms with Crippen LogP contribution in [0.25, 0.3) is 0 Å². The molecule has 1 aliphatic carbocycles. The number of hydrogen-bond donors (Lipinski definition) is 1. The molecule has 0 radical (unpaired) electrons. The summed E-state index contributed by atoms with van der Waals surface area (Å²) in [5.74, 6) is 2.17. The number of benzene rings is 1. The molecular weight excluding hydrogens is 190 g/mol. The summed E-state index contributed by atoms with van der Waals surface area (Å²) in [6.07, 6.45) is 5.68. The topological polar surface area (TPSA) is 26.0 Å². The van der Waals surface area contributed by atoms with Gasteiger partial charge in [0.05, 0.1) is 0 Å². The van der Waals surface area contributed by atoms with Crippen LogP contribution in [0.2, 0.25) is 0 Å². The van der Waals surface area contributed by atoms with E-state index in [1.807, 2.05) is 23.9 Å². The molecule has 0 spiro atoms. The monoisotopic (exact) mass is 207 g/mol. The summed E-state index contributed by atoms with van der Waals surface area (Å²) in [7, 11) is 0. The van der Waals surface area contributed by atoms with E-state index in [4.69, 9.17) is 5.73 Å². The first-order chi connectivity index (χ1) is 6.86. The summed E-state index contributed by atoms with van der Waals surface area (Å²) < 4.78 is 0. The van der Waals surface area contributed by atoms with Crippen LogP contribution in [0.1, 0.15) is 25.7 Å². The number of nitrogens with two attached hydrogens (primary N) is 1. The molecule has 76 valence electrons. The fraction of sp³-hybridized carbons (Fsp3) is 0.500. The number of rotatable bonds is 3. The third kappa shape index (κ3) is 2.44. The second kappa shape index (κ2) is 4.74. The molecule has 0 amide bonds. The van der Waals surface area contributed by atoms with E-state index in [-0.39, 0.29) is 0 Å². The van der Waals surface area contributed by atoms with Crippen molar-refractivity contribution in [2.45, 2.75) is 30.6 Å². The van der Waals surface area contributed by atoms with Crippen LogP contribution in [0.3, 0.4) is 0 Å². The van der Waals surface area contributed by atoms with Crippen molar-refractivity contribution in [3.05, 3.63) is 24.3 Å². The summed E-state index contributed by atoms with van der Waals surface area (Å²) >= 11 is 1.92. The smallest absolute Gasteiger partial charge is 0.0452 e. The molecule has 0 unspecified atom stereocenters. The van der Waals surface area contributed by atoms with Crippen molar-refractivity contribution in [1.29, 1.82) is 0 Å². The van der Waals surface area contributed by atoms with Crippen LogP contribution in [0.4, 0.5) is 5.69 Å². The minimum atomic E-state index is 0.926. The lowest BCUT2D eigenvalue weighted by Crippen LogP contribution is -1.97. The van der Waals surface area contributed by atoms with Gasteiger partial charge in [0.2, 0.25) is 0 Å². The maximum atomic E-state index is 5.88. The van der Waals surface area contributed by atoms with Crippen LogP contribution in [0.5, 0.6) is 0 Å². The average Bonchev–Trinajstić information content (AvgIpc) is 2.69. The highest BCUT2D eigenvalue weighted by Gasteiger charge is 2.15. The van der Waals surface area contributed by atoms with Crippen LogP contribution in [-0.4, -0.2) is 5.75 Å². The molecule has 1 nitrogen and oxygen atoms in total. The predicted molar refractivity (Wildman–Crippen MR) is 63.5 cm³/mol. The van der Waals surface area contributed by atoms with Gasteiger partial charge in [-0.2, -0.15) is 0 Å². The molecule has 1 aromatic rings. The molecule has 1 fully saturated rings. The van der Waals surface area contributed by atoms with Crippen LogP contribution in [-0.2, 0) is 0 Å². The summed E-state index contributed by atoms with van der Waals surface area (Å²) in [5, 5.41) is 0. The van der Waals surface area contributed by atoms with Gasteiger partial charge < -0.3 is 5.73 Å². The van der Waals surface area contributed by atoms with Gasteiger partial charge in [0.1, 0.15) is 0 Å². The lowest BCUT2D eigenvalue weighted by Gasteiger charge is -2.09. The Morgan fingerprint density at radius 2 is 1.93 bits per heavy atom. The third-order valence-corrected chi connectivity index (χ3v) is 4.19. The van der Waals surface area contributed by atoms with Crippen molar-refractivity contribution in [3.8, 4) is 0 Å². The Hall–Kier alpha value is -0.630. The average molecular weight is 207 g/mol. The van der Waals surface area contributed by atoms with Crippen molar-refractivity contribution in [3.63, 3.8) is 0 Å². The highest BCUT2D eigenvalue weighted by Crippen LogP contribution is 2.32. The fourth-order valence-electron chi connectivity index (χ4n) is 2.00. The van der Waals surface area contributed by atoms with Crippen molar-refractivity contribution in [1.82, 2.24) is 0 Å². The maximum absolute atomic E-state index is 5.88. The Balaban J connectivity index is 1.88. The van der Waals surface area contributed by atoms with Crippen LogP contribution >= 0.6 is 11.8 Å². The van der Waals surface area contributed by atoms with Crippen molar-refractivity contribution < 1.29 is 0 Å². The SMILES string of the molecule is Nc1ccccc1SCC1CCCC1. The minimum absolute atomic E-state index is 0.926. The van der Waals surface area contributed by atoms with E-state index in [0.29, 0.717) is 0 Å². The van der Waals surface area contributed by atoms with E-state index in [1.165, 1.54) is 36.3 Å². The van der Waals surface area contributed by atoms with Gasteiger partial charge in [-0.3, -0.25) is 0 Å². The van der Waals surface area contributed by atoms with Gasteiger partial charge in [-0.1, -0.05) is 25.0 Å². The Morgan fingerprint density at radius 1 is 1.21 bits per heavy atom. The summed E-state index contributed by atoms with van der Waals surface area (Å²) in [5.41, 5.74) is 6.81. The van der Waals surface area contributed by atoms with Gasteiger partial charge in [0, 0.05) is 16.3 Å². The molecule has 2 heteroatoms.